The Labute approximate surface area is 434 Å². The Balaban J connectivity index is 0.853. The number of fused-ring (bicyclic) bond motifs is 11. The number of anilines is 3. The number of furan rings is 1. The lowest BCUT2D eigenvalue weighted by Crippen LogP contribution is -2.11. The summed E-state index contributed by atoms with van der Waals surface area (Å²) in [4.78, 5) is 2.39. The van der Waals surface area contributed by atoms with Gasteiger partial charge in [0, 0.05) is 55.1 Å². The Bertz CT molecular complexity index is 4660. The van der Waals surface area contributed by atoms with Crippen LogP contribution in [0.1, 0.15) is 0 Å². The number of para-hydroxylation sites is 4. The van der Waals surface area contributed by atoms with E-state index >= 15 is 0 Å². The molecule has 0 saturated carbocycles. The van der Waals surface area contributed by atoms with E-state index in [-0.39, 0.29) is 0 Å². The van der Waals surface area contributed by atoms with Crippen LogP contribution in [0.4, 0.5) is 17.1 Å². The van der Waals surface area contributed by atoms with Crippen molar-refractivity contribution in [1.29, 1.82) is 0 Å². The first kappa shape index (κ1) is 42.7. The normalized spacial score (nSPS) is 11.7. The summed E-state index contributed by atoms with van der Waals surface area (Å²) in [6, 6.07) is 101. The molecule has 0 radical (unpaired) electrons. The van der Waals surface area contributed by atoms with E-state index in [1.165, 1.54) is 60.0 Å². The molecule has 0 unspecified atom stereocenters. The highest BCUT2D eigenvalue weighted by atomic mass is 16.3. The largest absolute Gasteiger partial charge is 0.455 e. The van der Waals surface area contributed by atoms with Crippen LogP contribution in [0.2, 0.25) is 0 Å². The van der Waals surface area contributed by atoms with Gasteiger partial charge in [0.25, 0.3) is 0 Å². The molecule has 2 aromatic heterocycles. The maximum absolute atomic E-state index is 6.98. The molecule has 15 rings (SSSR count). The van der Waals surface area contributed by atoms with E-state index in [1.54, 1.807) is 0 Å². The van der Waals surface area contributed by atoms with Crippen molar-refractivity contribution in [1.82, 2.24) is 4.57 Å². The van der Waals surface area contributed by atoms with Crippen molar-refractivity contribution in [2.24, 2.45) is 0 Å². The predicted octanol–water partition coefficient (Wildman–Crippen LogP) is 20.3. The number of hydrogen-bond acceptors (Lipinski definition) is 2. The van der Waals surface area contributed by atoms with Gasteiger partial charge in [-0.2, -0.15) is 0 Å². The first-order valence-corrected chi connectivity index (χ1v) is 25.7. The summed E-state index contributed by atoms with van der Waals surface area (Å²) in [7, 11) is 0. The van der Waals surface area contributed by atoms with E-state index in [2.05, 4.69) is 289 Å². The van der Waals surface area contributed by atoms with Gasteiger partial charge in [-0.1, -0.05) is 206 Å². The molecular weight excluding hydrogens is 909 g/mol. The van der Waals surface area contributed by atoms with E-state index in [0.717, 1.165) is 83.3 Å². The summed E-state index contributed by atoms with van der Waals surface area (Å²) in [5.41, 5.74) is 17.6. The lowest BCUT2D eigenvalue weighted by molar-refractivity contribution is 0.674. The SMILES string of the molecule is c1cc(-c2ccc(N(c3ccc(-c4cccc(-n5c6ccccc6c6ccccc65)c4)cc3)c3ccccc3-c3cccc4c3oc3c5ccccc5ccc43)cc2)cc(-c2cc3ccccc3c3ccccc23)c1. The molecule has 0 N–H and O–H groups in total. The third kappa shape index (κ3) is 7.05. The topological polar surface area (TPSA) is 21.3 Å². The quantitative estimate of drug-likeness (QED) is 0.142. The molecule has 75 heavy (non-hydrogen) atoms. The number of aromatic nitrogens is 1. The minimum absolute atomic E-state index is 0.879. The summed E-state index contributed by atoms with van der Waals surface area (Å²) in [5, 5.41) is 12.0. The van der Waals surface area contributed by atoms with Crippen LogP contribution in [-0.4, -0.2) is 4.57 Å². The number of benzene rings is 13. The van der Waals surface area contributed by atoms with Gasteiger partial charge in [-0.05, 0) is 133 Å². The molecule has 0 aliphatic heterocycles. The summed E-state index contributed by atoms with van der Waals surface area (Å²) in [5.74, 6) is 0. The van der Waals surface area contributed by atoms with Gasteiger partial charge in [-0.15, -0.1) is 0 Å². The summed E-state index contributed by atoms with van der Waals surface area (Å²) < 4.78 is 9.36. The average molecular weight is 955 g/mol. The molecule has 0 bridgehead atoms. The van der Waals surface area contributed by atoms with Crippen LogP contribution < -0.4 is 4.90 Å². The van der Waals surface area contributed by atoms with E-state index < -0.39 is 0 Å². The Kier molecular flexibility index (Phi) is 9.89. The predicted molar refractivity (Wildman–Crippen MR) is 317 cm³/mol. The highest BCUT2D eigenvalue weighted by molar-refractivity contribution is 6.18. The second-order valence-electron chi connectivity index (χ2n) is 19.6. The van der Waals surface area contributed by atoms with Crippen molar-refractivity contribution in [3.05, 3.63) is 279 Å². The van der Waals surface area contributed by atoms with Crippen LogP contribution in [0.3, 0.4) is 0 Å². The molecule has 3 heteroatoms. The maximum Gasteiger partial charge on any atom is 0.143 e. The van der Waals surface area contributed by atoms with Gasteiger partial charge in [-0.25, -0.2) is 0 Å². The third-order valence-corrected chi connectivity index (χ3v) is 15.4. The maximum atomic E-state index is 6.98. The highest BCUT2D eigenvalue weighted by Gasteiger charge is 2.22. The molecule has 15 aromatic rings. The summed E-state index contributed by atoms with van der Waals surface area (Å²) in [6.45, 7) is 0. The molecule has 13 aromatic carbocycles. The van der Waals surface area contributed by atoms with Crippen molar-refractivity contribution < 1.29 is 4.42 Å². The summed E-state index contributed by atoms with van der Waals surface area (Å²) in [6.07, 6.45) is 0. The minimum Gasteiger partial charge on any atom is -0.455 e. The van der Waals surface area contributed by atoms with E-state index in [4.69, 9.17) is 4.42 Å². The first-order valence-electron chi connectivity index (χ1n) is 25.7. The van der Waals surface area contributed by atoms with Gasteiger partial charge in [0.05, 0.1) is 16.7 Å². The van der Waals surface area contributed by atoms with Crippen molar-refractivity contribution in [3.63, 3.8) is 0 Å². The van der Waals surface area contributed by atoms with E-state index in [0.29, 0.717) is 0 Å². The molecule has 2 heterocycles. The third-order valence-electron chi connectivity index (χ3n) is 15.4. The molecule has 3 nitrogen and oxygen atoms in total. The monoisotopic (exact) mass is 954 g/mol. The first-order chi connectivity index (χ1) is 37.2. The van der Waals surface area contributed by atoms with Crippen LogP contribution in [-0.2, 0) is 0 Å². The lowest BCUT2D eigenvalue weighted by atomic mass is 9.92. The molecule has 0 saturated heterocycles. The molecule has 0 amide bonds. The zero-order valence-electron chi connectivity index (χ0n) is 40.9. The van der Waals surface area contributed by atoms with Gasteiger partial charge in [0.2, 0.25) is 0 Å². The van der Waals surface area contributed by atoms with Crippen LogP contribution in [0.25, 0.3) is 126 Å². The zero-order valence-corrected chi connectivity index (χ0v) is 40.9. The second-order valence-corrected chi connectivity index (χ2v) is 19.6. The van der Waals surface area contributed by atoms with E-state index in [1.807, 2.05) is 0 Å². The fourth-order valence-electron chi connectivity index (χ4n) is 11.9. The van der Waals surface area contributed by atoms with Crippen molar-refractivity contribution >= 4 is 93.1 Å². The molecule has 0 aliphatic rings. The van der Waals surface area contributed by atoms with Crippen molar-refractivity contribution in [3.8, 4) is 50.2 Å². The number of rotatable bonds is 8. The fourth-order valence-corrected chi connectivity index (χ4v) is 11.9. The molecule has 0 aliphatic carbocycles. The molecule has 0 fully saturated rings. The lowest BCUT2D eigenvalue weighted by Gasteiger charge is -2.28. The van der Waals surface area contributed by atoms with Crippen LogP contribution in [0.15, 0.2) is 283 Å². The van der Waals surface area contributed by atoms with Gasteiger partial charge >= 0.3 is 0 Å². The Morgan fingerprint density at radius 3 is 1.52 bits per heavy atom. The molecule has 0 spiro atoms. The second kappa shape index (κ2) is 17.4. The van der Waals surface area contributed by atoms with E-state index in [9.17, 15) is 0 Å². The minimum atomic E-state index is 0.879. The fraction of sp³-hybridized carbons (Fsp3) is 0. The van der Waals surface area contributed by atoms with Gasteiger partial charge < -0.3 is 13.9 Å². The Morgan fingerprint density at radius 2 is 0.787 bits per heavy atom. The van der Waals surface area contributed by atoms with Crippen LogP contribution in [0, 0.1) is 0 Å². The van der Waals surface area contributed by atoms with Gasteiger partial charge in [-0.3, -0.25) is 0 Å². The van der Waals surface area contributed by atoms with Crippen LogP contribution >= 0.6 is 0 Å². The molecular formula is C72H46N2O. The highest BCUT2D eigenvalue weighted by Crippen LogP contribution is 2.46. The summed E-state index contributed by atoms with van der Waals surface area (Å²) >= 11 is 0. The van der Waals surface area contributed by atoms with Crippen molar-refractivity contribution in [2.45, 2.75) is 0 Å². The molecule has 350 valence electrons. The van der Waals surface area contributed by atoms with Crippen molar-refractivity contribution in [2.75, 3.05) is 4.90 Å². The average Bonchev–Trinajstić information content (AvgIpc) is 4.07. The molecule has 0 atom stereocenters. The zero-order chi connectivity index (χ0) is 49.4. The standard InChI is InChI=1S/C72H46N2O/c1-4-23-58-49(16-1)38-43-66-65-30-15-29-64(72(65)75-71(58)66)63-28-9-10-31-68(63)73(55-41-36-48(37-42-55)51-19-14-21-56(45-51)74-69-32-11-7-26-61(69)62-27-8-12-33-70(62)74)54-39-34-47(35-40-54)50-18-13-20-52(44-50)67-46-53-17-2-3-22-57(53)59-24-5-6-25-60(59)67/h1-46H. The number of hydrogen-bond donors (Lipinski definition) is 0. The Morgan fingerprint density at radius 1 is 0.267 bits per heavy atom. The Hall–Kier alpha value is -9.96. The van der Waals surface area contributed by atoms with Gasteiger partial charge in [0.1, 0.15) is 11.2 Å². The van der Waals surface area contributed by atoms with Gasteiger partial charge in [0.15, 0.2) is 0 Å². The van der Waals surface area contributed by atoms with Crippen LogP contribution in [0.5, 0.6) is 0 Å². The number of nitrogens with zero attached hydrogens (tertiary/aromatic N) is 2. The smallest absolute Gasteiger partial charge is 0.143 e.